The van der Waals surface area contributed by atoms with Crippen LogP contribution in [0.25, 0.3) is 0 Å². The van der Waals surface area contributed by atoms with Crippen LogP contribution in [-0.4, -0.2) is 36.5 Å². The molecule has 0 aromatic heterocycles. The Hall–Kier alpha value is -1.13. The van der Waals surface area contributed by atoms with Gasteiger partial charge in [0.15, 0.2) is 0 Å². The van der Waals surface area contributed by atoms with Crippen LogP contribution in [0.4, 0.5) is 4.39 Å². The smallest absolute Gasteiger partial charge is 0.254 e. The molecule has 100 valence electrons. The van der Waals surface area contributed by atoms with Crippen LogP contribution in [0.2, 0.25) is 0 Å². The van der Waals surface area contributed by atoms with E-state index in [0.717, 1.165) is 13.1 Å². The van der Waals surface area contributed by atoms with E-state index in [0.29, 0.717) is 17.7 Å². The molecule has 1 saturated heterocycles. The van der Waals surface area contributed by atoms with Crippen molar-refractivity contribution < 1.29 is 9.18 Å². The number of rotatable bonds is 1. The van der Waals surface area contributed by atoms with Crippen LogP contribution in [0.3, 0.4) is 0 Å². The van der Waals surface area contributed by atoms with Crippen LogP contribution >= 0.6 is 12.4 Å². The van der Waals surface area contributed by atoms with E-state index in [1.54, 1.807) is 24.0 Å². The second-order valence-electron chi connectivity index (χ2n) is 4.52. The molecule has 0 saturated carbocycles. The Morgan fingerprint density at radius 3 is 2.83 bits per heavy atom. The Morgan fingerprint density at radius 2 is 2.22 bits per heavy atom. The zero-order valence-corrected chi connectivity index (χ0v) is 11.4. The van der Waals surface area contributed by atoms with Gasteiger partial charge >= 0.3 is 0 Å². The Bertz CT molecular complexity index is 439. The summed E-state index contributed by atoms with van der Waals surface area (Å²) in [6.45, 7) is 5.95. The molecule has 1 heterocycles. The largest absolute Gasteiger partial charge is 0.333 e. The molecule has 0 radical (unpaired) electrons. The Labute approximate surface area is 113 Å². The average molecular weight is 273 g/mol. The number of carbonyl (C=O) groups excluding carboxylic acids is 1. The van der Waals surface area contributed by atoms with Gasteiger partial charge in [-0.25, -0.2) is 4.39 Å². The molecule has 1 fully saturated rings. The topological polar surface area (TPSA) is 32.3 Å². The Kier molecular flexibility index (Phi) is 5.11. The second kappa shape index (κ2) is 6.16. The fourth-order valence-corrected chi connectivity index (χ4v) is 2.03. The van der Waals surface area contributed by atoms with Crippen molar-refractivity contribution in [3.05, 3.63) is 35.1 Å². The van der Waals surface area contributed by atoms with Crippen LogP contribution < -0.4 is 5.32 Å². The predicted octanol–water partition coefficient (Wildman–Crippen LogP) is 1.99. The molecular weight excluding hydrogens is 255 g/mol. The average Bonchev–Trinajstić information content (AvgIpc) is 2.32. The first-order valence-electron chi connectivity index (χ1n) is 5.87. The lowest BCUT2D eigenvalue weighted by Crippen LogP contribution is -2.52. The van der Waals surface area contributed by atoms with Crippen molar-refractivity contribution in [3.63, 3.8) is 0 Å². The van der Waals surface area contributed by atoms with E-state index in [1.807, 2.05) is 6.92 Å². The van der Waals surface area contributed by atoms with Gasteiger partial charge in [0, 0.05) is 31.2 Å². The highest BCUT2D eigenvalue weighted by Crippen LogP contribution is 2.14. The van der Waals surface area contributed by atoms with Crippen LogP contribution in [0, 0.1) is 12.7 Å². The minimum Gasteiger partial charge on any atom is -0.333 e. The summed E-state index contributed by atoms with van der Waals surface area (Å²) >= 11 is 0. The molecule has 0 aliphatic carbocycles. The normalized spacial score (nSPS) is 19.3. The van der Waals surface area contributed by atoms with Crippen molar-refractivity contribution in [1.82, 2.24) is 10.2 Å². The number of nitrogens with zero attached hydrogens (tertiary/aromatic N) is 1. The van der Waals surface area contributed by atoms with Gasteiger partial charge in [-0.3, -0.25) is 4.79 Å². The molecule has 1 aromatic carbocycles. The molecule has 1 aliphatic heterocycles. The van der Waals surface area contributed by atoms with Gasteiger partial charge in [0.25, 0.3) is 5.91 Å². The molecule has 5 heteroatoms. The van der Waals surface area contributed by atoms with Crippen molar-refractivity contribution in [3.8, 4) is 0 Å². The van der Waals surface area contributed by atoms with Crippen molar-refractivity contribution >= 4 is 18.3 Å². The van der Waals surface area contributed by atoms with Gasteiger partial charge in [-0.1, -0.05) is 6.07 Å². The second-order valence-corrected chi connectivity index (χ2v) is 4.52. The molecule has 1 N–H and O–H groups in total. The van der Waals surface area contributed by atoms with Crippen molar-refractivity contribution in [2.45, 2.75) is 19.9 Å². The zero-order valence-electron chi connectivity index (χ0n) is 10.6. The molecule has 2 rings (SSSR count). The molecule has 1 aromatic rings. The standard InChI is InChI=1S/C13H17FN2O.ClH/c1-9-3-4-11(7-12(9)14)13(17)16-6-5-15-8-10(16)2;/h3-4,7,10,15H,5-6,8H2,1-2H3;1H/t10-;/m1./s1. The van der Waals surface area contributed by atoms with E-state index in [-0.39, 0.29) is 30.2 Å². The lowest BCUT2D eigenvalue weighted by atomic mass is 10.1. The van der Waals surface area contributed by atoms with E-state index in [2.05, 4.69) is 5.32 Å². The van der Waals surface area contributed by atoms with Crippen molar-refractivity contribution in [2.24, 2.45) is 0 Å². The van der Waals surface area contributed by atoms with E-state index in [9.17, 15) is 9.18 Å². The summed E-state index contributed by atoms with van der Waals surface area (Å²) in [6.07, 6.45) is 0. The number of halogens is 2. The minimum atomic E-state index is -0.321. The summed E-state index contributed by atoms with van der Waals surface area (Å²) < 4.78 is 13.4. The molecule has 3 nitrogen and oxygen atoms in total. The van der Waals surface area contributed by atoms with E-state index >= 15 is 0 Å². The van der Waals surface area contributed by atoms with Gasteiger partial charge in [0.05, 0.1) is 0 Å². The third-order valence-corrected chi connectivity index (χ3v) is 3.18. The summed E-state index contributed by atoms with van der Waals surface area (Å²) in [6, 6.07) is 4.82. The third kappa shape index (κ3) is 3.00. The molecular formula is C13H18ClFN2O. The SMILES string of the molecule is Cc1ccc(C(=O)N2CCNC[C@H]2C)cc1F.Cl. The van der Waals surface area contributed by atoms with E-state index < -0.39 is 0 Å². The van der Waals surface area contributed by atoms with E-state index in [4.69, 9.17) is 0 Å². The van der Waals surface area contributed by atoms with Crippen LogP contribution in [0.1, 0.15) is 22.8 Å². The predicted molar refractivity (Wildman–Crippen MR) is 71.8 cm³/mol. The minimum absolute atomic E-state index is 0. The maximum absolute atomic E-state index is 13.4. The van der Waals surface area contributed by atoms with Crippen molar-refractivity contribution in [2.75, 3.05) is 19.6 Å². The Morgan fingerprint density at radius 1 is 1.50 bits per heavy atom. The summed E-state index contributed by atoms with van der Waals surface area (Å²) in [5, 5.41) is 3.22. The van der Waals surface area contributed by atoms with Crippen molar-refractivity contribution in [1.29, 1.82) is 0 Å². The highest BCUT2D eigenvalue weighted by atomic mass is 35.5. The fraction of sp³-hybridized carbons (Fsp3) is 0.462. The first-order chi connectivity index (χ1) is 8.09. The van der Waals surface area contributed by atoms with Gasteiger partial charge in [-0.05, 0) is 31.5 Å². The number of hydrogen-bond acceptors (Lipinski definition) is 2. The number of aryl methyl sites for hydroxylation is 1. The summed E-state index contributed by atoms with van der Waals surface area (Å²) in [7, 11) is 0. The molecule has 1 aliphatic rings. The van der Waals surface area contributed by atoms with E-state index in [1.165, 1.54) is 6.07 Å². The van der Waals surface area contributed by atoms with Gasteiger partial charge in [0.1, 0.15) is 5.82 Å². The highest BCUT2D eigenvalue weighted by molar-refractivity contribution is 5.94. The molecule has 1 atom stereocenters. The van der Waals surface area contributed by atoms with Gasteiger partial charge in [-0.2, -0.15) is 0 Å². The number of amides is 1. The molecule has 1 amide bonds. The summed E-state index contributed by atoms with van der Waals surface area (Å²) in [5.41, 5.74) is 0.997. The lowest BCUT2D eigenvalue weighted by Gasteiger charge is -2.34. The monoisotopic (exact) mass is 272 g/mol. The van der Waals surface area contributed by atoms with Crippen LogP contribution in [-0.2, 0) is 0 Å². The van der Waals surface area contributed by atoms with Gasteiger partial charge < -0.3 is 10.2 Å². The lowest BCUT2D eigenvalue weighted by molar-refractivity contribution is 0.0655. The maximum Gasteiger partial charge on any atom is 0.254 e. The first-order valence-corrected chi connectivity index (χ1v) is 5.87. The fourth-order valence-electron chi connectivity index (χ4n) is 2.03. The molecule has 0 unspecified atom stereocenters. The molecule has 0 bridgehead atoms. The van der Waals surface area contributed by atoms with Gasteiger partial charge in [-0.15, -0.1) is 12.4 Å². The number of carbonyl (C=O) groups is 1. The van der Waals surface area contributed by atoms with Crippen LogP contribution in [0.15, 0.2) is 18.2 Å². The number of hydrogen-bond donors (Lipinski definition) is 1. The quantitative estimate of drug-likeness (QED) is 0.848. The zero-order chi connectivity index (χ0) is 12.4. The number of nitrogens with one attached hydrogen (secondary N) is 1. The third-order valence-electron chi connectivity index (χ3n) is 3.18. The Balaban J connectivity index is 0.00000162. The molecule has 0 spiro atoms. The number of piperazine rings is 1. The molecule has 18 heavy (non-hydrogen) atoms. The van der Waals surface area contributed by atoms with Crippen LogP contribution in [0.5, 0.6) is 0 Å². The van der Waals surface area contributed by atoms with Gasteiger partial charge in [0.2, 0.25) is 0 Å². The summed E-state index contributed by atoms with van der Waals surface area (Å²) in [5.74, 6) is -0.406. The summed E-state index contributed by atoms with van der Waals surface area (Å²) in [4.78, 5) is 14.0. The highest BCUT2D eigenvalue weighted by Gasteiger charge is 2.24. The number of benzene rings is 1. The maximum atomic E-state index is 13.4. The first kappa shape index (κ1) is 14.9.